The Kier molecular flexibility index (Phi) is 60.2. The van der Waals surface area contributed by atoms with Gasteiger partial charge in [-0.25, -0.2) is 0 Å². The summed E-state index contributed by atoms with van der Waals surface area (Å²) in [7, 11) is 0. The number of rotatable bonds is 61. The molecule has 1 amide bonds. The molecule has 0 radical (unpaired) electrons. The number of hydrogen-bond donors (Lipinski definition) is 4. The summed E-state index contributed by atoms with van der Waals surface area (Å²) in [5.74, 6) is -0.130. The normalized spacial score (nSPS) is 13.2. The minimum Gasteiger partial charge on any atom is -0.466 e. The predicted octanol–water partition coefficient (Wildman–Crippen LogP) is 19.7. The lowest BCUT2D eigenvalue weighted by molar-refractivity contribution is -0.143. The van der Waals surface area contributed by atoms with E-state index in [0.717, 1.165) is 57.8 Å². The summed E-state index contributed by atoms with van der Waals surface area (Å²) in [4.78, 5) is 24.6. The molecular weight excluding hydrogens is 915 g/mol. The van der Waals surface area contributed by atoms with Crippen LogP contribution in [0.4, 0.5) is 0 Å². The predicted molar refractivity (Wildman–Crippen MR) is 321 cm³/mol. The van der Waals surface area contributed by atoms with Crippen LogP contribution in [0.5, 0.6) is 0 Å². The summed E-state index contributed by atoms with van der Waals surface area (Å²) in [6.07, 6.45) is 74.9. The molecule has 7 nitrogen and oxygen atoms in total. The zero-order valence-electron chi connectivity index (χ0n) is 49.4. The summed E-state index contributed by atoms with van der Waals surface area (Å²) in [5, 5.41) is 33.5. The number of unbranched alkanes of at least 4 members (excludes halogenated alkanes) is 44. The zero-order chi connectivity index (χ0) is 53.7. The smallest absolute Gasteiger partial charge is 0.305 e. The Morgan fingerprint density at radius 2 is 0.743 bits per heavy atom. The highest BCUT2D eigenvalue weighted by atomic mass is 16.5. The Labute approximate surface area is 460 Å². The van der Waals surface area contributed by atoms with Crippen molar-refractivity contribution >= 4 is 11.9 Å². The second-order valence-corrected chi connectivity index (χ2v) is 22.6. The van der Waals surface area contributed by atoms with Crippen LogP contribution in [-0.2, 0) is 14.3 Å². The number of allylic oxidation sites excluding steroid dienone is 4. The van der Waals surface area contributed by atoms with E-state index in [0.29, 0.717) is 25.9 Å². The van der Waals surface area contributed by atoms with E-state index in [9.17, 15) is 24.9 Å². The van der Waals surface area contributed by atoms with Crippen molar-refractivity contribution in [2.24, 2.45) is 0 Å². The van der Waals surface area contributed by atoms with Crippen molar-refractivity contribution < 1.29 is 29.6 Å². The molecule has 74 heavy (non-hydrogen) atoms. The Morgan fingerprint density at radius 3 is 1.16 bits per heavy atom. The van der Waals surface area contributed by atoms with Crippen LogP contribution in [0, 0.1) is 0 Å². The molecule has 0 aromatic carbocycles. The summed E-state index contributed by atoms with van der Waals surface area (Å²) < 4.78 is 5.48. The molecule has 0 saturated carbocycles. The van der Waals surface area contributed by atoms with E-state index >= 15 is 0 Å². The van der Waals surface area contributed by atoms with Gasteiger partial charge < -0.3 is 25.4 Å². The van der Waals surface area contributed by atoms with E-state index in [1.807, 2.05) is 0 Å². The topological polar surface area (TPSA) is 116 Å². The SMILES string of the molecule is CCCCC/C=C\C/C=C\CCCCCCCC(=O)OCCCCCCCCCCCCCCCCCCCCCCCCCCCC(=O)N[C@@H](CO)[C@H](O)/C=C/[C@H](O)CCCCCCCCCCCCCCC. The van der Waals surface area contributed by atoms with Crippen molar-refractivity contribution in [3.8, 4) is 0 Å². The minimum absolute atomic E-state index is 0.000952. The third-order valence-electron chi connectivity index (χ3n) is 15.2. The number of esters is 1. The fourth-order valence-corrected chi connectivity index (χ4v) is 10.2. The van der Waals surface area contributed by atoms with Gasteiger partial charge in [0.1, 0.15) is 0 Å². The number of aliphatic hydroxyl groups is 3. The number of nitrogens with one attached hydrogen (secondary N) is 1. The molecule has 436 valence electrons. The Morgan fingerprint density at radius 1 is 0.405 bits per heavy atom. The molecular formula is C67H127NO6. The number of hydrogen-bond acceptors (Lipinski definition) is 6. The molecule has 0 rings (SSSR count). The van der Waals surface area contributed by atoms with Crippen LogP contribution in [0.1, 0.15) is 348 Å². The first-order chi connectivity index (χ1) is 36.4. The van der Waals surface area contributed by atoms with Crippen LogP contribution >= 0.6 is 0 Å². The molecule has 4 N–H and O–H groups in total. The largest absolute Gasteiger partial charge is 0.466 e. The van der Waals surface area contributed by atoms with Gasteiger partial charge in [0.15, 0.2) is 0 Å². The van der Waals surface area contributed by atoms with Crippen molar-refractivity contribution in [2.45, 2.75) is 366 Å². The van der Waals surface area contributed by atoms with E-state index in [2.05, 4.69) is 43.5 Å². The average molecular weight is 1040 g/mol. The highest BCUT2D eigenvalue weighted by Crippen LogP contribution is 2.18. The third-order valence-corrected chi connectivity index (χ3v) is 15.2. The standard InChI is InChI=1S/C67H127NO6/c1-3-5-7-9-11-13-15-17-29-34-38-42-46-50-54-58-67(73)74-61-55-51-47-43-39-35-31-28-26-24-22-20-18-19-21-23-25-27-30-33-37-41-45-49-53-57-66(72)68-64(62-69)65(71)60-59-63(70)56-52-48-44-40-36-32-16-14-12-10-8-6-4-2/h11,13,17,29,59-60,63-65,69-71H,3-10,12,14-16,18-28,30-58,61-62H2,1-2H3,(H,68,72)/b13-11-,29-17-,60-59+/t63-,64+,65-/m1/s1. The average Bonchev–Trinajstić information content (AvgIpc) is 3.40. The van der Waals surface area contributed by atoms with Gasteiger partial charge in [-0.1, -0.05) is 314 Å². The first-order valence-electron chi connectivity index (χ1n) is 32.8. The summed E-state index contributed by atoms with van der Waals surface area (Å²) in [5.41, 5.74) is 0. The van der Waals surface area contributed by atoms with Crippen LogP contribution in [0.15, 0.2) is 36.5 Å². The summed E-state index contributed by atoms with van der Waals surface area (Å²) in [6, 6.07) is -0.750. The number of carbonyl (C=O) groups excluding carboxylic acids is 2. The van der Waals surface area contributed by atoms with Gasteiger partial charge in [-0.05, 0) is 57.8 Å². The summed E-state index contributed by atoms with van der Waals surface area (Å²) >= 11 is 0. The van der Waals surface area contributed by atoms with Crippen molar-refractivity contribution in [2.75, 3.05) is 13.2 Å². The van der Waals surface area contributed by atoms with E-state index in [1.165, 1.54) is 263 Å². The molecule has 0 fully saturated rings. The second-order valence-electron chi connectivity index (χ2n) is 22.6. The third kappa shape index (κ3) is 57.7. The van der Waals surface area contributed by atoms with Gasteiger partial charge in [-0.2, -0.15) is 0 Å². The van der Waals surface area contributed by atoms with Crippen LogP contribution in [0.2, 0.25) is 0 Å². The maximum atomic E-state index is 12.5. The van der Waals surface area contributed by atoms with Crippen LogP contribution in [0.25, 0.3) is 0 Å². The fourth-order valence-electron chi connectivity index (χ4n) is 10.2. The first kappa shape index (κ1) is 72.0. The molecule has 0 spiro atoms. The van der Waals surface area contributed by atoms with Gasteiger partial charge in [0.25, 0.3) is 0 Å². The van der Waals surface area contributed by atoms with Crippen molar-refractivity contribution in [3.63, 3.8) is 0 Å². The van der Waals surface area contributed by atoms with Gasteiger partial charge in [-0.15, -0.1) is 0 Å². The van der Waals surface area contributed by atoms with Crippen molar-refractivity contribution in [1.29, 1.82) is 0 Å². The monoisotopic (exact) mass is 1040 g/mol. The van der Waals surface area contributed by atoms with E-state index in [4.69, 9.17) is 4.74 Å². The Balaban J connectivity index is 3.43. The summed E-state index contributed by atoms with van der Waals surface area (Å²) in [6.45, 7) is 4.79. The quantitative estimate of drug-likeness (QED) is 0.0274. The minimum atomic E-state index is -1.02. The number of amides is 1. The van der Waals surface area contributed by atoms with Gasteiger partial charge in [0.2, 0.25) is 5.91 Å². The highest BCUT2D eigenvalue weighted by Gasteiger charge is 2.18. The Hall–Kier alpha value is -1.96. The van der Waals surface area contributed by atoms with Gasteiger partial charge in [0.05, 0.1) is 31.5 Å². The molecule has 0 bridgehead atoms. The lowest BCUT2D eigenvalue weighted by Gasteiger charge is -2.20. The number of ether oxygens (including phenoxy) is 1. The van der Waals surface area contributed by atoms with Gasteiger partial charge in [0, 0.05) is 12.8 Å². The molecule has 0 unspecified atom stereocenters. The maximum absolute atomic E-state index is 12.5. The highest BCUT2D eigenvalue weighted by molar-refractivity contribution is 5.76. The molecule has 0 aromatic heterocycles. The van der Waals surface area contributed by atoms with Crippen LogP contribution in [0.3, 0.4) is 0 Å². The molecule has 0 aliphatic heterocycles. The molecule has 0 aromatic rings. The van der Waals surface area contributed by atoms with Crippen LogP contribution in [-0.4, -0.2) is 58.7 Å². The van der Waals surface area contributed by atoms with Gasteiger partial charge >= 0.3 is 5.97 Å². The first-order valence-corrected chi connectivity index (χ1v) is 32.8. The molecule has 0 saturated heterocycles. The van der Waals surface area contributed by atoms with Crippen molar-refractivity contribution in [1.82, 2.24) is 5.32 Å². The molecule has 0 aliphatic rings. The second kappa shape index (κ2) is 61.9. The number of carbonyl (C=O) groups is 2. The zero-order valence-corrected chi connectivity index (χ0v) is 49.4. The maximum Gasteiger partial charge on any atom is 0.305 e. The van der Waals surface area contributed by atoms with E-state index in [1.54, 1.807) is 6.08 Å². The van der Waals surface area contributed by atoms with Crippen molar-refractivity contribution in [3.05, 3.63) is 36.5 Å². The van der Waals surface area contributed by atoms with Gasteiger partial charge in [-0.3, -0.25) is 9.59 Å². The lowest BCUT2D eigenvalue weighted by atomic mass is 10.0. The molecule has 0 aliphatic carbocycles. The van der Waals surface area contributed by atoms with E-state index in [-0.39, 0.29) is 18.5 Å². The van der Waals surface area contributed by atoms with E-state index < -0.39 is 18.2 Å². The number of aliphatic hydroxyl groups excluding tert-OH is 3. The lowest BCUT2D eigenvalue weighted by Crippen LogP contribution is -2.45. The van der Waals surface area contributed by atoms with Crippen LogP contribution < -0.4 is 5.32 Å². The molecule has 7 heteroatoms. The molecule has 3 atom stereocenters. The fraction of sp³-hybridized carbons (Fsp3) is 0.881. The molecule has 0 heterocycles. The Bertz CT molecular complexity index is 1220.